The standard InChI is InChI=1S/C14H20ClFN2O2/c1-4-9(2)14(3,20)8-17-13(19)18-12-6-5-10(15)7-11(12)16/h5-7,9,20H,4,8H2,1-3H3,(H2,17,18,19). The summed E-state index contributed by atoms with van der Waals surface area (Å²) < 4.78 is 13.5. The van der Waals surface area contributed by atoms with Crippen LogP contribution in [-0.2, 0) is 0 Å². The normalized spacial score (nSPS) is 15.3. The van der Waals surface area contributed by atoms with Crippen molar-refractivity contribution in [3.63, 3.8) is 0 Å². The number of amides is 2. The third-order valence-corrected chi connectivity index (χ3v) is 3.70. The summed E-state index contributed by atoms with van der Waals surface area (Å²) >= 11 is 5.62. The van der Waals surface area contributed by atoms with Crippen molar-refractivity contribution in [2.24, 2.45) is 5.92 Å². The van der Waals surface area contributed by atoms with Crippen molar-refractivity contribution in [1.82, 2.24) is 5.32 Å². The highest BCUT2D eigenvalue weighted by atomic mass is 35.5. The molecule has 0 heterocycles. The molecule has 2 unspecified atom stereocenters. The first-order chi connectivity index (χ1) is 9.26. The molecule has 0 saturated carbocycles. The van der Waals surface area contributed by atoms with Crippen LogP contribution in [0.3, 0.4) is 0 Å². The number of hydrogen-bond donors (Lipinski definition) is 3. The van der Waals surface area contributed by atoms with E-state index in [0.29, 0.717) is 0 Å². The van der Waals surface area contributed by atoms with Crippen LogP contribution in [0.5, 0.6) is 0 Å². The van der Waals surface area contributed by atoms with Crippen LogP contribution in [0.25, 0.3) is 0 Å². The molecule has 6 heteroatoms. The first-order valence-corrected chi connectivity index (χ1v) is 6.86. The first kappa shape index (κ1) is 16.7. The lowest BCUT2D eigenvalue weighted by molar-refractivity contribution is 0.00827. The summed E-state index contributed by atoms with van der Waals surface area (Å²) in [5.74, 6) is -0.573. The van der Waals surface area contributed by atoms with Crippen molar-refractivity contribution >= 4 is 23.3 Å². The van der Waals surface area contributed by atoms with Crippen LogP contribution in [-0.4, -0.2) is 23.3 Å². The molecule has 1 aromatic rings. The molecule has 2 atom stereocenters. The number of carbonyl (C=O) groups excluding carboxylic acids is 1. The van der Waals surface area contributed by atoms with Gasteiger partial charge in [0.05, 0.1) is 11.3 Å². The van der Waals surface area contributed by atoms with Gasteiger partial charge in [0, 0.05) is 11.6 Å². The zero-order chi connectivity index (χ0) is 15.3. The van der Waals surface area contributed by atoms with Crippen molar-refractivity contribution in [1.29, 1.82) is 0 Å². The van der Waals surface area contributed by atoms with E-state index in [4.69, 9.17) is 11.6 Å². The van der Waals surface area contributed by atoms with Crippen LogP contribution in [0.1, 0.15) is 27.2 Å². The van der Waals surface area contributed by atoms with Crippen LogP contribution in [0.15, 0.2) is 18.2 Å². The zero-order valence-corrected chi connectivity index (χ0v) is 12.6. The number of hydrogen-bond acceptors (Lipinski definition) is 2. The van der Waals surface area contributed by atoms with E-state index < -0.39 is 17.4 Å². The SMILES string of the molecule is CCC(C)C(C)(O)CNC(=O)Nc1ccc(Cl)cc1F. The molecule has 112 valence electrons. The molecular weight excluding hydrogens is 283 g/mol. The molecule has 0 aliphatic heterocycles. The fourth-order valence-electron chi connectivity index (χ4n) is 1.63. The van der Waals surface area contributed by atoms with Crippen molar-refractivity contribution < 1.29 is 14.3 Å². The van der Waals surface area contributed by atoms with Gasteiger partial charge in [0.1, 0.15) is 5.82 Å². The average molecular weight is 303 g/mol. The minimum absolute atomic E-state index is 0.0371. The van der Waals surface area contributed by atoms with Gasteiger partial charge < -0.3 is 15.7 Å². The van der Waals surface area contributed by atoms with Crippen molar-refractivity contribution in [2.45, 2.75) is 32.8 Å². The fraction of sp³-hybridized carbons (Fsp3) is 0.500. The maximum atomic E-state index is 13.5. The molecular formula is C14H20ClFN2O2. The van der Waals surface area contributed by atoms with Gasteiger partial charge in [-0.2, -0.15) is 0 Å². The number of nitrogens with one attached hydrogen (secondary N) is 2. The summed E-state index contributed by atoms with van der Waals surface area (Å²) in [5, 5.41) is 15.3. The first-order valence-electron chi connectivity index (χ1n) is 6.48. The number of aliphatic hydroxyl groups is 1. The minimum atomic E-state index is -1.01. The molecule has 0 aliphatic carbocycles. The van der Waals surface area contributed by atoms with E-state index in [1.807, 2.05) is 13.8 Å². The largest absolute Gasteiger partial charge is 0.388 e. The molecule has 20 heavy (non-hydrogen) atoms. The van der Waals surface area contributed by atoms with Gasteiger partial charge in [-0.3, -0.25) is 0 Å². The number of anilines is 1. The molecule has 2 amide bonds. The molecule has 1 rings (SSSR count). The topological polar surface area (TPSA) is 61.4 Å². The van der Waals surface area contributed by atoms with E-state index >= 15 is 0 Å². The van der Waals surface area contributed by atoms with E-state index in [1.54, 1.807) is 6.92 Å². The predicted octanol–water partition coefficient (Wildman–Crippen LogP) is 3.40. The van der Waals surface area contributed by atoms with Gasteiger partial charge in [0.2, 0.25) is 0 Å². The van der Waals surface area contributed by atoms with Gasteiger partial charge in [-0.05, 0) is 31.0 Å². The number of rotatable bonds is 5. The average Bonchev–Trinajstić information content (AvgIpc) is 2.39. The molecule has 0 fully saturated rings. The van der Waals surface area contributed by atoms with E-state index in [1.165, 1.54) is 12.1 Å². The van der Waals surface area contributed by atoms with Gasteiger partial charge in [-0.15, -0.1) is 0 Å². The Morgan fingerprint density at radius 2 is 2.20 bits per heavy atom. The molecule has 0 aromatic heterocycles. The van der Waals surface area contributed by atoms with Gasteiger partial charge in [0.25, 0.3) is 0 Å². The Bertz CT molecular complexity index is 480. The monoisotopic (exact) mass is 302 g/mol. The van der Waals surface area contributed by atoms with E-state index in [9.17, 15) is 14.3 Å². The molecule has 0 radical (unpaired) electrons. The molecule has 3 N–H and O–H groups in total. The van der Waals surface area contributed by atoms with Gasteiger partial charge in [-0.1, -0.05) is 31.9 Å². The Labute approximate surface area is 123 Å². The Hall–Kier alpha value is -1.33. The highest BCUT2D eigenvalue weighted by molar-refractivity contribution is 6.30. The van der Waals surface area contributed by atoms with E-state index in [-0.39, 0.29) is 23.2 Å². The summed E-state index contributed by atoms with van der Waals surface area (Å²) in [6.45, 7) is 5.61. The van der Waals surface area contributed by atoms with E-state index in [2.05, 4.69) is 10.6 Å². The van der Waals surface area contributed by atoms with Crippen LogP contribution in [0.4, 0.5) is 14.9 Å². The van der Waals surface area contributed by atoms with Crippen molar-refractivity contribution in [3.05, 3.63) is 29.0 Å². The summed E-state index contributed by atoms with van der Waals surface area (Å²) in [6.07, 6.45) is 0.794. The highest BCUT2D eigenvalue weighted by Gasteiger charge is 2.27. The van der Waals surface area contributed by atoms with Crippen LogP contribution < -0.4 is 10.6 Å². The summed E-state index contributed by atoms with van der Waals surface area (Å²) in [7, 11) is 0. The lowest BCUT2D eigenvalue weighted by Gasteiger charge is -2.29. The van der Waals surface area contributed by atoms with Crippen molar-refractivity contribution in [2.75, 3.05) is 11.9 Å². The van der Waals surface area contributed by atoms with Gasteiger partial charge in [0.15, 0.2) is 0 Å². The lowest BCUT2D eigenvalue weighted by atomic mass is 9.89. The summed E-state index contributed by atoms with van der Waals surface area (Å²) in [5.41, 5.74) is -0.972. The zero-order valence-electron chi connectivity index (χ0n) is 11.8. The number of benzene rings is 1. The third kappa shape index (κ3) is 4.65. The molecule has 0 spiro atoms. The number of carbonyl (C=O) groups is 1. The van der Waals surface area contributed by atoms with Crippen LogP contribution >= 0.6 is 11.6 Å². The van der Waals surface area contributed by atoms with Crippen LogP contribution in [0, 0.1) is 11.7 Å². The second kappa shape index (κ2) is 6.90. The maximum absolute atomic E-state index is 13.5. The van der Waals surface area contributed by atoms with Gasteiger partial charge >= 0.3 is 6.03 Å². The third-order valence-electron chi connectivity index (χ3n) is 3.46. The predicted molar refractivity (Wildman–Crippen MR) is 78.5 cm³/mol. The Balaban J connectivity index is 2.56. The van der Waals surface area contributed by atoms with E-state index in [0.717, 1.165) is 12.5 Å². The van der Waals surface area contributed by atoms with Crippen molar-refractivity contribution in [3.8, 4) is 0 Å². The smallest absolute Gasteiger partial charge is 0.319 e. The van der Waals surface area contributed by atoms with Gasteiger partial charge in [-0.25, -0.2) is 9.18 Å². The number of halogens is 2. The lowest BCUT2D eigenvalue weighted by Crippen LogP contribution is -2.46. The molecule has 0 saturated heterocycles. The maximum Gasteiger partial charge on any atom is 0.319 e. The Morgan fingerprint density at radius 3 is 2.75 bits per heavy atom. The molecule has 4 nitrogen and oxygen atoms in total. The quantitative estimate of drug-likeness (QED) is 0.780. The summed E-state index contributed by atoms with van der Waals surface area (Å²) in [6, 6.07) is 3.40. The molecule has 0 aliphatic rings. The Kier molecular flexibility index (Phi) is 5.77. The summed E-state index contributed by atoms with van der Waals surface area (Å²) in [4.78, 5) is 11.7. The minimum Gasteiger partial charge on any atom is -0.388 e. The fourth-order valence-corrected chi connectivity index (χ4v) is 1.79. The Morgan fingerprint density at radius 1 is 1.55 bits per heavy atom. The number of urea groups is 1. The second-order valence-electron chi connectivity index (χ2n) is 5.10. The molecule has 0 bridgehead atoms. The second-order valence-corrected chi connectivity index (χ2v) is 5.53. The molecule has 1 aromatic carbocycles. The highest BCUT2D eigenvalue weighted by Crippen LogP contribution is 2.20. The van der Waals surface area contributed by atoms with Crippen LogP contribution in [0.2, 0.25) is 5.02 Å².